The van der Waals surface area contributed by atoms with Gasteiger partial charge in [-0.25, -0.2) is 4.68 Å². The monoisotopic (exact) mass is 224 g/mol. The number of rotatable bonds is 1. The van der Waals surface area contributed by atoms with Gasteiger partial charge in [0.2, 0.25) is 0 Å². The van der Waals surface area contributed by atoms with Crippen LogP contribution in [0.3, 0.4) is 0 Å². The molecule has 4 nitrogen and oxygen atoms in total. The Bertz CT molecular complexity index is 685. The predicted molar refractivity (Wildman–Crippen MR) is 68.0 cm³/mol. The van der Waals surface area contributed by atoms with Crippen molar-refractivity contribution in [2.75, 3.05) is 5.73 Å². The molecule has 2 N–H and O–H groups in total. The number of fused-ring (bicyclic) bond motifs is 1. The van der Waals surface area contributed by atoms with E-state index >= 15 is 0 Å². The van der Waals surface area contributed by atoms with E-state index in [2.05, 4.69) is 16.1 Å². The summed E-state index contributed by atoms with van der Waals surface area (Å²) in [6.45, 7) is 1.98. The summed E-state index contributed by atoms with van der Waals surface area (Å²) >= 11 is 0. The minimum Gasteiger partial charge on any atom is -0.384 e. The van der Waals surface area contributed by atoms with E-state index in [0.29, 0.717) is 5.82 Å². The summed E-state index contributed by atoms with van der Waals surface area (Å²) in [5.41, 5.74) is 8.78. The molecule has 2 aromatic heterocycles. The first-order valence-electron chi connectivity index (χ1n) is 5.41. The van der Waals surface area contributed by atoms with Crippen LogP contribution in [0, 0.1) is 6.92 Å². The minimum absolute atomic E-state index is 0.629. The summed E-state index contributed by atoms with van der Waals surface area (Å²) in [5, 5.41) is 5.27. The van der Waals surface area contributed by atoms with Gasteiger partial charge in [0.25, 0.3) is 0 Å². The van der Waals surface area contributed by atoms with E-state index in [1.54, 1.807) is 16.9 Å². The van der Waals surface area contributed by atoms with Gasteiger partial charge in [-0.3, -0.25) is 4.98 Å². The van der Waals surface area contributed by atoms with Crippen molar-refractivity contribution in [3.8, 4) is 5.69 Å². The molecule has 3 aromatic rings. The maximum Gasteiger partial charge on any atom is 0.127 e. The van der Waals surface area contributed by atoms with Gasteiger partial charge in [0.15, 0.2) is 0 Å². The number of nitrogens with two attached hydrogens (primary N) is 1. The van der Waals surface area contributed by atoms with Crippen LogP contribution in [-0.2, 0) is 0 Å². The molecule has 0 amide bonds. The van der Waals surface area contributed by atoms with Crippen LogP contribution in [0.15, 0.2) is 42.6 Å². The van der Waals surface area contributed by atoms with Crippen molar-refractivity contribution in [3.63, 3.8) is 0 Å². The molecule has 4 heteroatoms. The first-order valence-corrected chi connectivity index (χ1v) is 5.41. The highest BCUT2D eigenvalue weighted by Gasteiger charge is 2.03. The highest BCUT2D eigenvalue weighted by molar-refractivity contribution is 5.81. The molecule has 0 spiro atoms. The SMILES string of the molecule is Cc1ccc2cc(-n3nccc3N)ccc2n1. The van der Waals surface area contributed by atoms with Crippen LogP contribution < -0.4 is 5.73 Å². The Labute approximate surface area is 98.7 Å². The zero-order valence-electron chi connectivity index (χ0n) is 9.46. The summed E-state index contributed by atoms with van der Waals surface area (Å²) in [6, 6.07) is 11.8. The zero-order chi connectivity index (χ0) is 11.8. The lowest BCUT2D eigenvalue weighted by atomic mass is 10.2. The molecule has 17 heavy (non-hydrogen) atoms. The Morgan fingerprint density at radius 3 is 2.76 bits per heavy atom. The molecule has 3 rings (SSSR count). The number of aromatic nitrogens is 3. The Kier molecular flexibility index (Phi) is 2.08. The van der Waals surface area contributed by atoms with Gasteiger partial charge in [0, 0.05) is 17.1 Å². The maximum absolute atomic E-state index is 5.83. The lowest BCUT2D eigenvalue weighted by Gasteiger charge is -2.05. The predicted octanol–water partition coefficient (Wildman–Crippen LogP) is 2.31. The van der Waals surface area contributed by atoms with E-state index in [4.69, 9.17) is 5.73 Å². The fourth-order valence-corrected chi connectivity index (χ4v) is 1.88. The molecule has 0 bridgehead atoms. The van der Waals surface area contributed by atoms with Crippen LogP contribution in [0.2, 0.25) is 0 Å². The van der Waals surface area contributed by atoms with Crippen molar-refractivity contribution in [3.05, 3.63) is 48.3 Å². The first-order chi connectivity index (χ1) is 8.24. The standard InChI is InChI=1S/C13H12N4/c1-9-2-3-10-8-11(4-5-12(10)16-9)17-13(14)6-7-15-17/h2-8H,14H2,1H3. The van der Waals surface area contributed by atoms with E-state index in [9.17, 15) is 0 Å². The van der Waals surface area contributed by atoms with Crippen LogP contribution in [0.1, 0.15) is 5.69 Å². The van der Waals surface area contributed by atoms with Crippen molar-refractivity contribution >= 4 is 16.7 Å². The number of anilines is 1. The Hall–Kier alpha value is -2.36. The third-order valence-corrected chi connectivity index (χ3v) is 2.73. The van der Waals surface area contributed by atoms with Gasteiger partial charge in [-0.05, 0) is 31.2 Å². The number of hydrogen-bond acceptors (Lipinski definition) is 3. The second-order valence-electron chi connectivity index (χ2n) is 4.00. The van der Waals surface area contributed by atoms with Crippen LogP contribution in [0.25, 0.3) is 16.6 Å². The molecule has 0 saturated carbocycles. The Balaban J connectivity index is 2.20. The molecule has 0 atom stereocenters. The average Bonchev–Trinajstić information content (AvgIpc) is 2.75. The molecule has 84 valence electrons. The maximum atomic E-state index is 5.83. The second-order valence-corrected chi connectivity index (χ2v) is 4.00. The summed E-state index contributed by atoms with van der Waals surface area (Å²) in [4.78, 5) is 4.46. The molecule has 0 radical (unpaired) electrons. The number of nitrogen functional groups attached to an aromatic ring is 1. The lowest BCUT2D eigenvalue weighted by Crippen LogP contribution is -2.01. The number of pyridine rings is 1. The van der Waals surface area contributed by atoms with E-state index in [-0.39, 0.29) is 0 Å². The van der Waals surface area contributed by atoms with E-state index < -0.39 is 0 Å². The van der Waals surface area contributed by atoms with Gasteiger partial charge in [0.1, 0.15) is 5.82 Å². The van der Waals surface area contributed by atoms with Gasteiger partial charge >= 0.3 is 0 Å². The highest BCUT2D eigenvalue weighted by Crippen LogP contribution is 2.18. The van der Waals surface area contributed by atoms with Crippen molar-refractivity contribution in [2.24, 2.45) is 0 Å². The van der Waals surface area contributed by atoms with Crippen molar-refractivity contribution in [2.45, 2.75) is 6.92 Å². The fourth-order valence-electron chi connectivity index (χ4n) is 1.88. The normalized spacial score (nSPS) is 10.9. The molecular weight excluding hydrogens is 212 g/mol. The van der Waals surface area contributed by atoms with Crippen LogP contribution in [0.4, 0.5) is 5.82 Å². The van der Waals surface area contributed by atoms with E-state index in [1.807, 2.05) is 31.2 Å². The quantitative estimate of drug-likeness (QED) is 0.690. The topological polar surface area (TPSA) is 56.7 Å². The number of hydrogen-bond donors (Lipinski definition) is 1. The van der Waals surface area contributed by atoms with Gasteiger partial charge in [-0.15, -0.1) is 0 Å². The average molecular weight is 224 g/mol. The Morgan fingerprint density at radius 2 is 2.00 bits per heavy atom. The Morgan fingerprint density at radius 1 is 1.12 bits per heavy atom. The van der Waals surface area contributed by atoms with Crippen LogP contribution >= 0.6 is 0 Å². The van der Waals surface area contributed by atoms with E-state index in [0.717, 1.165) is 22.3 Å². The molecule has 1 aromatic carbocycles. The van der Waals surface area contributed by atoms with Crippen LogP contribution in [0.5, 0.6) is 0 Å². The minimum atomic E-state index is 0.629. The van der Waals surface area contributed by atoms with Crippen molar-refractivity contribution < 1.29 is 0 Å². The van der Waals surface area contributed by atoms with Gasteiger partial charge in [-0.2, -0.15) is 5.10 Å². The summed E-state index contributed by atoms with van der Waals surface area (Å²) in [6.07, 6.45) is 1.69. The van der Waals surface area contributed by atoms with Crippen molar-refractivity contribution in [1.82, 2.24) is 14.8 Å². The summed E-state index contributed by atoms with van der Waals surface area (Å²) < 4.78 is 1.71. The highest BCUT2D eigenvalue weighted by atomic mass is 15.3. The van der Waals surface area contributed by atoms with Gasteiger partial charge in [0.05, 0.1) is 17.4 Å². The van der Waals surface area contributed by atoms with Gasteiger partial charge in [-0.1, -0.05) is 6.07 Å². The smallest absolute Gasteiger partial charge is 0.127 e. The third-order valence-electron chi connectivity index (χ3n) is 2.73. The molecule has 0 unspecified atom stereocenters. The number of aryl methyl sites for hydroxylation is 1. The summed E-state index contributed by atoms with van der Waals surface area (Å²) in [5.74, 6) is 0.629. The lowest BCUT2D eigenvalue weighted by molar-refractivity contribution is 0.892. The zero-order valence-corrected chi connectivity index (χ0v) is 9.46. The van der Waals surface area contributed by atoms with E-state index in [1.165, 1.54) is 0 Å². The van der Waals surface area contributed by atoms with Crippen LogP contribution in [-0.4, -0.2) is 14.8 Å². The molecule has 2 heterocycles. The molecule has 0 aliphatic heterocycles. The molecule has 0 saturated heterocycles. The van der Waals surface area contributed by atoms with Crippen molar-refractivity contribution in [1.29, 1.82) is 0 Å². The molecular formula is C13H12N4. The third kappa shape index (κ3) is 1.63. The number of benzene rings is 1. The largest absolute Gasteiger partial charge is 0.384 e. The number of nitrogens with zero attached hydrogens (tertiary/aromatic N) is 3. The summed E-state index contributed by atoms with van der Waals surface area (Å²) in [7, 11) is 0. The fraction of sp³-hybridized carbons (Fsp3) is 0.0769. The molecule has 0 aliphatic rings. The first kappa shape index (κ1) is 9.84. The molecule has 0 aliphatic carbocycles. The molecule has 0 fully saturated rings. The second kappa shape index (κ2) is 3.59. The van der Waals surface area contributed by atoms with Gasteiger partial charge < -0.3 is 5.73 Å².